The lowest BCUT2D eigenvalue weighted by Crippen LogP contribution is -1.84. The highest BCUT2D eigenvalue weighted by Gasteiger charge is 2.01. The van der Waals surface area contributed by atoms with Crippen LogP contribution in [0.15, 0.2) is 0 Å². The van der Waals surface area contributed by atoms with Gasteiger partial charge in [0.2, 0.25) is 0 Å². The number of phosphoric acid groups is 3. The van der Waals surface area contributed by atoms with Gasteiger partial charge < -0.3 is 49.1 Å². The van der Waals surface area contributed by atoms with E-state index in [0.717, 1.165) is 6.42 Å². The van der Waals surface area contributed by atoms with Crippen LogP contribution in [0.1, 0.15) is 71.1 Å². The molecule has 0 fully saturated rings. The zero-order valence-electron chi connectivity index (χ0n) is 15.8. The molecule has 13 nitrogen and oxygen atoms in total. The quantitative estimate of drug-likeness (QED) is 0.155. The van der Waals surface area contributed by atoms with Crippen molar-refractivity contribution in [3.8, 4) is 0 Å². The molecule has 0 rings (SSSR count). The molecule has 0 aliphatic heterocycles. The first-order chi connectivity index (χ1) is 12.4. The van der Waals surface area contributed by atoms with Crippen LogP contribution in [0, 0.1) is 0 Å². The van der Waals surface area contributed by atoms with E-state index in [9.17, 15) is 0 Å². The molecule has 10 N–H and O–H groups in total. The fourth-order valence-electron chi connectivity index (χ4n) is 1.60. The second kappa shape index (κ2) is 22.0. The minimum Gasteiger partial charge on any atom is -0.396 e. The number of aliphatic hydroxyl groups excluding tert-OH is 1. The van der Waals surface area contributed by atoms with Gasteiger partial charge in [0, 0.05) is 6.61 Å². The Balaban J connectivity index is -0.000000159. The largest absolute Gasteiger partial charge is 0.466 e. The van der Waals surface area contributed by atoms with Crippen molar-refractivity contribution >= 4 is 23.5 Å². The van der Waals surface area contributed by atoms with Gasteiger partial charge >= 0.3 is 23.5 Å². The zero-order valence-corrected chi connectivity index (χ0v) is 18.5. The minimum absolute atomic E-state index is 0.372. The molecule has 0 aromatic carbocycles. The number of aliphatic hydroxyl groups is 1. The standard InChI is InChI=1S/C12H26O.3H3O4P/c1-2-3-4-5-6-7-8-9-10-11-12-13;3*1-5(2,3)4/h13H,2-12H2,1H3;3*(H3,1,2,3,4). The highest BCUT2D eigenvalue weighted by atomic mass is 31.2. The van der Waals surface area contributed by atoms with Crippen molar-refractivity contribution in [2.45, 2.75) is 71.1 Å². The van der Waals surface area contributed by atoms with Gasteiger partial charge in [-0.3, -0.25) is 0 Å². The maximum Gasteiger partial charge on any atom is 0.466 e. The Labute approximate surface area is 164 Å². The Hall–Kier alpha value is 0.290. The molecule has 0 heterocycles. The Kier molecular flexibility index (Phi) is 28.0. The molecule has 0 aromatic heterocycles. The normalized spacial score (nSPS) is 11.2. The van der Waals surface area contributed by atoms with E-state index in [2.05, 4.69) is 6.92 Å². The van der Waals surface area contributed by atoms with Gasteiger partial charge in [-0.1, -0.05) is 64.7 Å². The maximum absolute atomic E-state index is 8.88. The fourth-order valence-corrected chi connectivity index (χ4v) is 1.60. The van der Waals surface area contributed by atoms with E-state index in [1.165, 1.54) is 57.8 Å². The highest BCUT2D eigenvalue weighted by Crippen LogP contribution is 2.26. The van der Waals surface area contributed by atoms with Crippen molar-refractivity contribution in [3.05, 3.63) is 0 Å². The van der Waals surface area contributed by atoms with E-state index in [1.54, 1.807) is 0 Å². The smallest absolute Gasteiger partial charge is 0.396 e. The summed E-state index contributed by atoms with van der Waals surface area (Å²) in [4.78, 5) is 64.7. The average Bonchev–Trinajstić information content (AvgIpc) is 2.40. The molecular formula is C12H35O13P3. The molecule has 176 valence electrons. The molecule has 0 aliphatic carbocycles. The van der Waals surface area contributed by atoms with Crippen LogP contribution in [-0.4, -0.2) is 55.8 Å². The molecule has 0 atom stereocenters. The van der Waals surface area contributed by atoms with Crippen molar-refractivity contribution in [1.29, 1.82) is 0 Å². The molecule has 0 spiro atoms. The first-order valence-corrected chi connectivity index (χ1v) is 13.1. The molecule has 0 bridgehead atoms. The van der Waals surface area contributed by atoms with Crippen molar-refractivity contribution in [2.24, 2.45) is 0 Å². The van der Waals surface area contributed by atoms with Gasteiger partial charge in [-0.15, -0.1) is 0 Å². The molecule has 0 saturated heterocycles. The third-order valence-electron chi connectivity index (χ3n) is 2.51. The summed E-state index contributed by atoms with van der Waals surface area (Å²) in [7, 11) is -13.9. The number of unbranched alkanes of at least 4 members (excludes halogenated alkanes) is 9. The van der Waals surface area contributed by atoms with Crippen LogP contribution in [0.25, 0.3) is 0 Å². The van der Waals surface area contributed by atoms with Crippen molar-refractivity contribution in [1.82, 2.24) is 0 Å². The van der Waals surface area contributed by atoms with E-state index in [0.29, 0.717) is 6.61 Å². The summed E-state index contributed by atoms with van der Waals surface area (Å²) < 4.78 is 26.6. The van der Waals surface area contributed by atoms with Crippen molar-refractivity contribution < 1.29 is 62.8 Å². The monoisotopic (exact) mass is 480 g/mol. The summed E-state index contributed by atoms with van der Waals surface area (Å²) in [5.41, 5.74) is 0. The van der Waals surface area contributed by atoms with Crippen LogP contribution in [0.4, 0.5) is 0 Å². The van der Waals surface area contributed by atoms with E-state index in [-0.39, 0.29) is 0 Å². The van der Waals surface area contributed by atoms with E-state index >= 15 is 0 Å². The Morgan fingerprint density at radius 2 is 0.643 bits per heavy atom. The molecule has 0 aromatic rings. The van der Waals surface area contributed by atoms with Crippen LogP contribution in [0.5, 0.6) is 0 Å². The van der Waals surface area contributed by atoms with Gasteiger partial charge in [-0.25, -0.2) is 13.7 Å². The SMILES string of the molecule is CCCCCCCCCCCCO.O=P(O)(O)O.O=P(O)(O)O.O=P(O)(O)O. The van der Waals surface area contributed by atoms with Gasteiger partial charge in [0.15, 0.2) is 0 Å². The lowest BCUT2D eigenvalue weighted by atomic mass is 10.1. The minimum atomic E-state index is -4.64. The van der Waals surface area contributed by atoms with Crippen molar-refractivity contribution in [2.75, 3.05) is 6.61 Å². The molecular weight excluding hydrogens is 445 g/mol. The van der Waals surface area contributed by atoms with Crippen LogP contribution in [0.2, 0.25) is 0 Å². The first-order valence-electron chi connectivity index (χ1n) is 8.37. The predicted octanol–water partition coefficient (Wildman–Crippen LogP) is 1.11. The first kappa shape index (κ1) is 35.7. The second-order valence-electron chi connectivity index (χ2n) is 5.45. The van der Waals surface area contributed by atoms with Crippen LogP contribution in [0.3, 0.4) is 0 Å². The van der Waals surface area contributed by atoms with E-state index in [4.69, 9.17) is 62.8 Å². The third kappa shape index (κ3) is 159. The number of hydrogen-bond acceptors (Lipinski definition) is 4. The Morgan fingerprint density at radius 1 is 0.464 bits per heavy atom. The summed E-state index contributed by atoms with van der Waals surface area (Å²) in [6, 6.07) is 0. The summed E-state index contributed by atoms with van der Waals surface area (Å²) >= 11 is 0. The molecule has 0 amide bonds. The third-order valence-corrected chi connectivity index (χ3v) is 2.51. The van der Waals surface area contributed by atoms with Gasteiger partial charge in [0.05, 0.1) is 0 Å². The second-order valence-corrected chi connectivity index (χ2v) is 8.53. The van der Waals surface area contributed by atoms with E-state index in [1.807, 2.05) is 0 Å². The molecule has 0 aliphatic rings. The van der Waals surface area contributed by atoms with Gasteiger partial charge in [-0.2, -0.15) is 0 Å². The lowest BCUT2D eigenvalue weighted by Gasteiger charge is -2.00. The summed E-state index contributed by atoms with van der Waals surface area (Å²) in [5.74, 6) is 0. The molecule has 28 heavy (non-hydrogen) atoms. The summed E-state index contributed by atoms with van der Waals surface area (Å²) in [5, 5.41) is 8.57. The highest BCUT2D eigenvalue weighted by molar-refractivity contribution is 7.45. The molecule has 16 heteroatoms. The van der Waals surface area contributed by atoms with Crippen LogP contribution in [-0.2, 0) is 13.7 Å². The fraction of sp³-hybridized carbons (Fsp3) is 1.00. The van der Waals surface area contributed by atoms with Gasteiger partial charge in [0.25, 0.3) is 0 Å². The van der Waals surface area contributed by atoms with Crippen LogP contribution < -0.4 is 0 Å². The predicted molar refractivity (Wildman–Crippen MR) is 102 cm³/mol. The Morgan fingerprint density at radius 3 is 0.821 bits per heavy atom. The van der Waals surface area contributed by atoms with Crippen molar-refractivity contribution in [3.63, 3.8) is 0 Å². The Bertz CT molecular complexity index is 360. The molecule has 0 unspecified atom stereocenters. The summed E-state index contributed by atoms with van der Waals surface area (Å²) in [6.07, 6.45) is 13.3. The van der Waals surface area contributed by atoms with Gasteiger partial charge in [0.1, 0.15) is 0 Å². The summed E-state index contributed by atoms with van der Waals surface area (Å²) in [6.45, 7) is 2.63. The zero-order chi connectivity index (χ0) is 23.3. The van der Waals surface area contributed by atoms with Crippen LogP contribution >= 0.6 is 23.5 Å². The lowest BCUT2D eigenvalue weighted by molar-refractivity contribution is 0.272. The average molecular weight is 480 g/mol. The van der Waals surface area contributed by atoms with Gasteiger partial charge in [-0.05, 0) is 6.42 Å². The number of rotatable bonds is 10. The molecule has 0 saturated carbocycles. The molecule has 0 radical (unpaired) electrons. The van der Waals surface area contributed by atoms with E-state index < -0.39 is 23.5 Å². The number of hydrogen-bond donors (Lipinski definition) is 10. The maximum atomic E-state index is 8.88. The topological polar surface area (TPSA) is 254 Å².